The van der Waals surface area contributed by atoms with Crippen LogP contribution in [0.5, 0.6) is 5.75 Å². The van der Waals surface area contributed by atoms with Crippen LogP contribution in [0.15, 0.2) is 60.0 Å². The number of aryl methyl sites for hydroxylation is 1. The van der Waals surface area contributed by atoms with Gasteiger partial charge in [0.15, 0.2) is 0 Å². The summed E-state index contributed by atoms with van der Waals surface area (Å²) in [6, 6.07) is 15.9. The predicted octanol–water partition coefficient (Wildman–Crippen LogP) is 4.46. The van der Waals surface area contributed by atoms with Gasteiger partial charge in [0.1, 0.15) is 10.8 Å². The molecule has 0 bridgehead atoms. The second-order valence-corrected chi connectivity index (χ2v) is 6.70. The Morgan fingerprint density at radius 2 is 1.88 bits per heavy atom. The maximum Gasteiger partial charge on any atom is 0.244 e. The summed E-state index contributed by atoms with van der Waals surface area (Å²) in [4.78, 5) is 16.5. The monoisotopic (exact) mass is 364 g/mol. The zero-order valence-electron chi connectivity index (χ0n) is 14.7. The normalized spacial score (nSPS) is 10.8. The van der Waals surface area contributed by atoms with Crippen molar-refractivity contribution in [3.8, 4) is 16.3 Å². The molecule has 1 aromatic heterocycles. The van der Waals surface area contributed by atoms with E-state index >= 15 is 0 Å². The molecule has 1 N–H and O–H groups in total. The van der Waals surface area contributed by atoms with E-state index in [0.717, 1.165) is 27.6 Å². The van der Waals surface area contributed by atoms with Gasteiger partial charge in [-0.1, -0.05) is 29.8 Å². The molecule has 0 aliphatic heterocycles. The Morgan fingerprint density at radius 3 is 2.58 bits per heavy atom. The molecule has 5 heteroatoms. The molecule has 2 aromatic carbocycles. The van der Waals surface area contributed by atoms with Crippen molar-refractivity contribution in [1.29, 1.82) is 0 Å². The molecule has 0 saturated carbocycles. The number of nitrogens with one attached hydrogen (secondary N) is 1. The third kappa shape index (κ3) is 4.80. The molecule has 1 amide bonds. The Kier molecular flexibility index (Phi) is 5.81. The summed E-state index contributed by atoms with van der Waals surface area (Å²) in [6.07, 6.45) is 3.25. The maximum atomic E-state index is 12.0. The third-order valence-electron chi connectivity index (χ3n) is 3.85. The molecule has 0 spiro atoms. The van der Waals surface area contributed by atoms with Crippen LogP contribution in [0.2, 0.25) is 0 Å². The highest BCUT2D eigenvalue weighted by atomic mass is 32.1. The predicted molar refractivity (Wildman–Crippen MR) is 106 cm³/mol. The van der Waals surface area contributed by atoms with E-state index in [0.29, 0.717) is 6.54 Å². The first kappa shape index (κ1) is 17.9. The Labute approximate surface area is 157 Å². The van der Waals surface area contributed by atoms with Gasteiger partial charge in [-0.25, -0.2) is 4.98 Å². The van der Waals surface area contributed by atoms with E-state index in [1.54, 1.807) is 24.5 Å². The number of thiazole rings is 1. The number of nitrogens with zero attached hydrogens (tertiary/aromatic N) is 1. The number of hydrogen-bond acceptors (Lipinski definition) is 4. The molecule has 0 atom stereocenters. The zero-order chi connectivity index (χ0) is 18.4. The van der Waals surface area contributed by atoms with Gasteiger partial charge in [-0.15, -0.1) is 11.3 Å². The smallest absolute Gasteiger partial charge is 0.244 e. The summed E-state index contributed by atoms with van der Waals surface area (Å²) < 4.78 is 5.16. The van der Waals surface area contributed by atoms with Gasteiger partial charge < -0.3 is 10.1 Å². The average Bonchev–Trinajstić information content (AvgIpc) is 3.15. The number of carbonyl (C=O) groups is 1. The van der Waals surface area contributed by atoms with Crippen LogP contribution < -0.4 is 10.1 Å². The molecule has 0 radical (unpaired) electrons. The van der Waals surface area contributed by atoms with Crippen LogP contribution in [0.1, 0.15) is 16.8 Å². The first-order chi connectivity index (χ1) is 12.6. The lowest BCUT2D eigenvalue weighted by Gasteiger charge is -2.02. The quantitative estimate of drug-likeness (QED) is 0.657. The van der Waals surface area contributed by atoms with E-state index in [1.165, 1.54) is 11.6 Å². The lowest BCUT2D eigenvalue weighted by Crippen LogP contribution is -2.20. The van der Waals surface area contributed by atoms with Gasteiger partial charge in [0, 0.05) is 23.6 Å². The maximum absolute atomic E-state index is 12.0. The van der Waals surface area contributed by atoms with Gasteiger partial charge in [-0.05, 0) is 42.8 Å². The first-order valence-electron chi connectivity index (χ1n) is 8.25. The number of carbonyl (C=O) groups excluding carboxylic acids is 1. The Hall–Kier alpha value is -2.92. The molecule has 132 valence electrons. The number of aromatic nitrogens is 1. The molecular formula is C21H20N2O2S. The number of ether oxygens (including phenoxy) is 1. The van der Waals surface area contributed by atoms with Gasteiger partial charge in [0.05, 0.1) is 12.8 Å². The van der Waals surface area contributed by atoms with Crippen molar-refractivity contribution in [1.82, 2.24) is 10.3 Å². The summed E-state index contributed by atoms with van der Waals surface area (Å²) in [5.41, 5.74) is 4.08. The standard InChI is InChI=1S/C21H20N2O2S/c1-15-3-5-16(6-4-15)13-22-20(24)12-9-18-14-26-21(23-18)17-7-10-19(25-2)11-8-17/h3-12,14H,13H2,1-2H3,(H,22,24)/b12-9+. The summed E-state index contributed by atoms with van der Waals surface area (Å²) in [6.45, 7) is 2.55. The van der Waals surface area contributed by atoms with E-state index in [1.807, 2.05) is 60.8 Å². The van der Waals surface area contributed by atoms with Gasteiger partial charge in [0.2, 0.25) is 5.91 Å². The van der Waals surface area contributed by atoms with Gasteiger partial charge >= 0.3 is 0 Å². The molecule has 1 heterocycles. The number of methoxy groups -OCH3 is 1. The van der Waals surface area contributed by atoms with Crippen molar-refractivity contribution in [2.45, 2.75) is 13.5 Å². The van der Waals surface area contributed by atoms with E-state index < -0.39 is 0 Å². The second kappa shape index (κ2) is 8.45. The number of rotatable bonds is 6. The molecule has 0 aliphatic rings. The van der Waals surface area contributed by atoms with Crippen molar-refractivity contribution in [2.24, 2.45) is 0 Å². The fraction of sp³-hybridized carbons (Fsp3) is 0.143. The summed E-state index contributed by atoms with van der Waals surface area (Å²) >= 11 is 1.54. The van der Waals surface area contributed by atoms with Crippen molar-refractivity contribution < 1.29 is 9.53 Å². The van der Waals surface area contributed by atoms with E-state index in [-0.39, 0.29) is 5.91 Å². The van der Waals surface area contributed by atoms with Crippen LogP contribution in [-0.4, -0.2) is 18.0 Å². The van der Waals surface area contributed by atoms with Crippen molar-refractivity contribution in [3.63, 3.8) is 0 Å². The minimum atomic E-state index is -0.135. The summed E-state index contributed by atoms with van der Waals surface area (Å²) in [5.74, 6) is 0.681. The molecule has 4 nitrogen and oxygen atoms in total. The van der Waals surface area contributed by atoms with Crippen molar-refractivity contribution in [3.05, 3.63) is 76.8 Å². The Balaban J connectivity index is 1.57. The van der Waals surface area contributed by atoms with Crippen molar-refractivity contribution in [2.75, 3.05) is 7.11 Å². The first-order valence-corrected chi connectivity index (χ1v) is 9.13. The Bertz CT molecular complexity index is 897. The van der Waals surface area contributed by atoms with Crippen LogP contribution in [-0.2, 0) is 11.3 Å². The fourth-order valence-electron chi connectivity index (χ4n) is 2.34. The lowest BCUT2D eigenvalue weighted by atomic mass is 10.1. The van der Waals surface area contributed by atoms with E-state index in [4.69, 9.17) is 4.74 Å². The number of benzene rings is 2. The molecule has 0 saturated heterocycles. The summed E-state index contributed by atoms with van der Waals surface area (Å²) in [5, 5.41) is 5.72. The second-order valence-electron chi connectivity index (χ2n) is 5.84. The van der Waals surface area contributed by atoms with Crippen LogP contribution in [0.3, 0.4) is 0 Å². The molecule has 3 aromatic rings. The highest BCUT2D eigenvalue weighted by Gasteiger charge is 2.04. The molecule has 0 fully saturated rings. The average molecular weight is 364 g/mol. The number of hydrogen-bond donors (Lipinski definition) is 1. The minimum Gasteiger partial charge on any atom is -0.497 e. The third-order valence-corrected chi connectivity index (χ3v) is 4.76. The largest absolute Gasteiger partial charge is 0.497 e. The van der Waals surface area contributed by atoms with Gasteiger partial charge in [-0.3, -0.25) is 4.79 Å². The summed E-state index contributed by atoms with van der Waals surface area (Å²) in [7, 11) is 1.64. The number of amides is 1. The van der Waals surface area contributed by atoms with Crippen LogP contribution in [0, 0.1) is 6.92 Å². The minimum absolute atomic E-state index is 0.135. The highest BCUT2D eigenvalue weighted by Crippen LogP contribution is 2.26. The lowest BCUT2D eigenvalue weighted by molar-refractivity contribution is -0.116. The molecule has 0 aliphatic carbocycles. The van der Waals surface area contributed by atoms with Crippen LogP contribution >= 0.6 is 11.3 Å². The fourth-order valence-corrected chi connectivity index (χ4v) is 3.14. The topological polar surface area (TPSA) is 51.2 Å². The van der Waals surface area contributed by atoms with Crippen LogP contribution in [0.4, 0.5) is 0 Å². The highest BCUT2D eigenvalue weighted by molar-refractivity contribution is 7.13. The molecular weight excluding hydrogens is 344 g/mol. The van der Waals surface area contributed by atoms with E-state index in [9.17, 15) is 4.79 Å². The van der Waals surface area contributed by atoms with E-state index in [2.05, 4.69) is 10.3 Å². The van der Waals surface area contributed by atoms with Gasteiger partial charge in [-0.2, -0.15) is 0 Å². The Morgan fingerprint density at radius 1 is 1.15 bits per heavy atom. The van der Waals surface area contributed by atoms with Crippen molar-refractivity contribution >= 4 is 23.3 Å². The van der Waals surface area contributed by atoms with Gasteiger partial charge in [0.25, 0.3) is 0 Å². The molecule has 0 unspecified atom stereocenters. The van der Waals surface area contributed by atoms with Crippen LogP contribution in [0.25, 0.3) is 16.6 Å². The SMILES string of the molecule is COc1ccc(-c2nc(/C=C/C(=O)NCc3ccc(C)cc3)cs2)cc1. The zero-order valence-corrected chi connectivity index (χ0v) is 15.5. The molecule has 26 heavy (non-hydrogen) atoms. The molecule has 3 rings (SSSR count).